The highest BCUT2D eigenvalue weighted by Crippen LogP contribution is 2.38. The quantitative estimate of drug-likeness (QED) is 0.876. The molecule has 2 aromatic rings. The summed E-state index contributed by atoms with van der Waals surface area (Å²) in [6, 6.07) is 18.0. The minimum absolute atomic E-state index is 0.000237. The fourth-order valence-corrected chi connectivity index (χ4v) is 3.39. The van der Waals surface area contributed by atoms with E-state index in [1.54, 1.807) is 7.11 Å². The number of hydrogen-bond acceptors (Lipinski definition) is 3. The Morgan fingerprint density at radius 3 is 2.52 bits per heavy atom. The van der Waals surface area contributed by atoms with Crippen molar-refractivity contribution in [1.29, 1.82) is 0 Å². The summed E-state index contributed by atoms with van der Waals surface area (Å²) < 4.78 is 5.54. The second kappa shape index (κ2) is 7.32. The van der Waals surface area contributed by atoms with Crippen LogP contribution in [0.25, 0.3) is 0 Å². The van der Waals surface area contributed by atoms with Gasteiger partial charge < -0.3 is 10.1 Å². The zero-order valence-electron chi connectivity index (χ0n) is 13.5. The minimum atomic E-state index is -0.0543. The molecule has 0 bridgehead atoms. The highest BCUT2D eigenvalue weighted by molar-refractivity contribution is 5.83. The SMILES string of the molecule is COc1ccccc1[C@H](Nc1ccccc1)[C@H]1CCCCC1=O. The maximum atomic E-state index is 12.5. The Morgan fingerprint density at radius 2 is 1.78 bits per heavy atom. The van der Waals surface area contributed by atoms with E-state index in [1.165, 1.54) is 0 Å². The van der Waals surface area contributed by atoms with Gasteiger partial charge in [-0.1, -0.05) is 42.8 Å². The first kappa shape index (κ1) is 15.6. The van der Waals surface area contributed by atoms with E-state index in [-0.39, 0.29) is 12.0 Å². The number of nitrogens with one attached hydrogen (secondary N) is 1. The number of carbonyl (C=O) groups excluding carboxylic acids is 1. The lowest BCUT2D eigenvalue weighted by Gasteiger charge is -2.31. The molecule has 1 N–H and O–H groups in total. The van der Waals surface area contributed by atoms with Crippen molar-refractivity contribution < 1.29 is 9.53 Å². The number of rotatable bonds is 5. The van der Waals surface area contributed by atoms with Crippen molar-refractivity contribution in [2.45, 2.75) is 31.7 Å². The highest BCUT2D eigenvalue weighted by Gasteiger charge is 2.32. The molecule has 3 nitrogen and oxygen atoms in total. The number of carbonyl (C=O) groups is 1. The zero-order chi connectivity index (χ0) is 16.1. The van der Waals surface area contributed by atoms with E-state index >= 15 is 0 Å². The molecule has 2 aromatic carbocycles. The van der Waals surface area contributed by atoms with Gasteiger partial charge in [0, 0.05) is 23.6 Å². The Kier molecular flexibility index (Phi) is 4.96. The first-order valence-corrected chi connectivity index (χ1v) is 8.27. The summed E-state index contributed by atoms with van der Waals surface area (Å²) >= 11 is 0. The minimum Gasteiger partial charge on any atom is -0.496 e. The molecule has 0 aliphatic heterocycles. The van der Waals surface area contributed by atoms with Crippen LogP contribution in [0.2, 0.25) is 0 Å². The number of ether oxygens (including phenoxy) is 1. The van der Waals surface area contributed by atoms with Gasteiger partial charge in [0.05, 0.1) is 13.2 Å². The predicted octanol–water partition coefficient (Wildman–Crippen LogP) is 4.61. The van der Waals surface area contributed by atoms with Gasteiger partial charge in [-0.15, -0.1) is 0 Å². The summed E-state index contributed by atoms with van der Waals surface area (Å²) in [5.41, 5.74) is 2.08. The Bertz CT molecular complexity index is 654. The number of ketones is 1. The van der Waals surface area contributed by atoms with Crippen LogP contribution >= 0.6 is 0 Å². The molecule has 23 heavy (non-hydrogen) atoms. The summed E-state index contributed by atoms with van der Waals surface area (Å²) in [4.78, 5) is 12.5. The van der Waals surface area contributed by atoms with Gasteiger partial charge in [0.2, 0.25) is 0 Å². The van der Waals surface area contributed by atoms with Gasteiger partial charge in [-0.25, -0.2) is 0 Å². The molecule has 1 aliphatic carbocycles. The molecule has 3 rings (SSSR count). The van der Waals surface area contributed by atoms with Crippen molar-refractivity contribution in [2.75, 3.05) is 12.4 Å². The Morgan fingerprint density at radius 1 is 1.04 bits per heavy atom. The summed E-state index contributed by atoms with van der Waals surface area (Å²) in [5.74, 6) is 1.19. The molecule has 1 aliphatic rings. The molecule has 0 aromatic heterocycles. The lowest BCUT2D eigenvalue weighted by Crippen LogP contribution is -2.30. The molecular formula is C20H23NO2. The molecule has 1 saturated carbocycles. The van der Waals surface area contributed by atoms with E-state index < -0.39 is 0 Å². The van der Waals surface area contributed by atoms with Crippen molar-refractivity contribution in [1.82, 2.24) is 0 Å². The zero-order valence-corrected chi connectivity index (χ0v) is 13.5. The van der Waals surface area contributed by atoms with Gasteiger partial charge >= 0.3 is 0 Å². The van der Waals surface area contributed by atoms with Crippen molar-refractivity contribution >= 4 is 11.5 Å². The monoisotopic (exact) mass is 309 g/mol. The van der Waals surface area contributed by atoms with E-state index in [4.69, 9.17) is 4.74 Å². The second-order valence-corrected chi connectivity index (χ2v) is 6.05. The fraction of sp³-hybridized carbons (Fsp3) is 0.350. The van der Waals surface area contributed by atoms with Gasteiger partial charge in [-0.05, 0) is 31.0 Å². The third-order valence-electron chi connectivity index (χ3n) is 4.57. The van der Waals surface area contributed by atoms with E-state index in [9.17, 15) is 4.79 Å². The molecule has 0 radical (unpaired) electrons. The van der Waals surface area contributed by atoms with Gasteiger partial charge in [0.15, 0.2) is 0 Å². The summed E-state index contributed by atoms with van der Waals surface area (Å²) in [7, 11) is 1.68. The third kappa shape index (κ3) is 3.55. The van der Waals surface area contributed by atoms with Crippen LogP contribution in [0.3, 0.4) is 0 Å². The molecule has 3 heteroatoms. The number of anilines is 1. The number of methoxy groups -OCH3 is 1. The van der Waals surface area contributed by atoms with Crippen molar-refractivity contribution in [2.24, 2.45) is 5.92 Å². The van der Waals surface area contributed by atoms with Crippen LogP contribution < -0.4 is 10.1 Å². The lowest BCUT2D eigenvalue weighted by molar-refractivity contribution is -0.125. The highest BCUT2D eigenvalue weighted by atomic mass is 16.5. The van der Waals surface area contributed by atoms with Gasteiger partial charge in [0.1, 0.15) is 11.5 Å². The average Bonchev–Trinajstić information content (AvgIpc) is 2.61. The normalized spacial score (nSPS) is 19.2. The Balaban J connectivity index is 1.97. The van der Waals surface area contributed by atoms with Crippen LogP contribution in [-0.4, -0.2) is 12.9 Å². The summed E-state index contributed by atoms with van der Waals surface area (Å²) in [5, 5.41) is 3.57. The molecule has 0 spiro atoms. The van der Waals surface area contributed by atoms with Crippen LogP contribution in [0.5, 0.6) is 5.75 Å². The molecule has 0 heterocycles. The number of para-hydroxylation sites is 2. The smallest absolute Gasteiger partial charge is 0.138 e. The van der Waals surface area contributed by atoms with E-state index in [0.717, 1.165) is 36.3 Å². The third-order valence-corrected chi connectivity index (χ3v) is 4.57. The van der Waals surface area contributed by atoms with Crippen LogP contribution in [0, 0.1) is 5.92 Å². The first-order chi connectivity index (χ1) is 11.3. The van der Waals surface area contributed by atoms with Crippen molar-refractivity contribution in [3.63, 3.8) is 0 Å². The molecule has 2 atom stereocenters. The van der Waals surface area contributed by atoms with Crippen LogP contribution in [0.1, 0.15) is 37.3 Å². The van der Waals surface area contributed by atoms with Gasteiger partial charge in [0.25, 0.3) is 0 Å². The second-order valence-electron chi connectivity index (χ2n) is 6.05. The number of Topliss-reactive ketones (excluding diaryl/α,β-unsaturated/α-hetero) is 1. The maximum absolute atomic E-state index is 12.5. The van der Waals surface area contributed by atoms with Gasteiger partial charge in [-0.2, -0.15) is 0 Å². The molecule has 0 unspecified atom stereocenters. The van der Waals surface area contributed by atoms with Gasteiger partial charge in [-0.3, -0.25) is 4.79 Å². The van der Waals surface area contributed by atoms with Crippen LogP contribution in [0.15, 0.2) is 54.6 Å². The van der Waals surface area contributed by atoms with Crippen LogP contribution in [-0.2, 0) is 4.79 Å². The van der Waals surface area contributed by atoms with E-state index in [0.29, 0.717) is 12.2 Å². The largest absolute Gasteiger partial charge is 0.496 e. The molecular weight excluding hydrogens is 286 g/mol. The lowest BCUT2D eigenvalue weighted by atomic mass is 9.79. The standard InChI is InChI=1S/C20H23NO2/c1-23-19-14-8-6-12-17(19)20(16-11-5-7-13-18(16)22)21-15-9-3-2-4-10-15/h2-4,6,8-10,12,14,16,20-21H,5,7,11,13H2,1H3/t16-,20+/m0/s1. The molecule has 0 saturated heterocycles. The average molecular weight is 309 g/mol. The molecule has 120 valence electrons. The van der Waals surface area contributed by atoms with Crippen molar-refractivity contribution in [3.05, 3.63) is 60.2 Å². The van der Waals surface area contributed by atoms with Crippen molar-refractivity contribution in [3.8, 4) is 5.75 Å². The Labute approximate surface area is 137 Å². The number of benzene rings is 2. The van der Waals surface area contributed by atoms with E-state index in [2.05, 4.69) is 11.4 Å². The summed E-state index contributed by atoms with van der Waals surface area (Å²) in [6.07, 6.45) is 3.74. The maximum Gasteiger partial charge on any atom is 0.138 e. The summed E-state index contributed by atoms with van der Waals surface area (Å²) in [6.45, 7) is 0. The molecule has 0 amide bonds. The van der Waals surface area contributed by atoms with E-state index in [1.807, 2.05) is 48.5 Å². The topological polar surface area (TPSA) is 38.3 Å². The predicted molar refractivity (Wildman–Crippen MR) is 92.8 cm³/mol. The Hall–Kier alpha value is -2.29. The molecule has 1 fully saturated rings. The fourth-order valence-electron chi connectivity index (χ4n) is 3.39. The first-order valence-electron chi connectivity index (χ1n) is 8.27. The number of hydrogen-bond donors (Lipinski definition) is 1. The van der Waals surface area contributed by atoms with Crippen LogP contribution in [0.4, 0.5) is 5.69 Å².